The third-order valence-electron chi connectivity index (χ3n) is 10.4. The van der Waals surface area contributed by atoms with E-state index in [0.29, 0.717) is 31.9 Å². The number of anilines is 2. The maximum Gasteiger partial charge on any atom is 0.409 e. The van der Waals surface area contributed by atoms with Crippen molar-refractivity contribution >= 4 is 70.3 Å². The minimum absolute atomic E-state index is 0.250. The van der Waals surface area contributed by atoms with Crippen LogP contribution in [0.15, 0.2) is 36.4 Å². The van der Waals surface area contributed by atoms with Crippen molar-refractivity contribution in [1.82, 2.24) is 0 Å². The zero-order chi connectivity index (χ0) is 32.4. The van der Waals surface area contributed by atoms with E-state index < -0.39 is 6.09 Å². The van der Waals surface area contributed by atoms with Crippen molar-refractivity contribution in [3.8, 4) is 0 Å². The molecule has 13 heteroatoms. The second-order valence-corrected chi connectivity index (χ2v) is 14.3. The van der Waals surface area contributed by atoms with Gasteiger partial charge in [-0.05, 0) is 98.6 Å². The van der Waals surface area contributed by atoms with E-state index in [9.17, 15) is 4.79 Å². The van der Waals surface area contributed by atoms with Crippen LogP contribution in [0.1, 0.15) is 64.2 Å². The van der Waals surface area contributed by atoms with Crippen molar-refractivity contribution in [3.63, 3.8) is 0 Å². The van der Waals surface area contributed by atoms with Crippen molar-refractivity contribution < 1.29 is 34.3 Å². The van der Waals surface area contributed by atoms with Crippen LogP contribution in [0.4, 0.5) is 16.2 Å². The summed E-state index contributed by atoms with van der Waals surface area (Å²) in [6.45, 7) is -0.250. The predicted octanol–water partition coefficient (Wildman–Crippen LogP) is 9.60. The molecule has 4 atom stereocenters. The predicted molar refractivity (Wildman–Crippen MR) is 174 cm³/mol. The van der Waals surface area contributed by atoms with Gasteiger partial charge in [0.2, 0.25) is 11.6 Å². The molecule has 1 amide bonds. The molecule has 5 aliphatic carbocycles. The molecule has 1 heterocycles. The number of rotatable bonds is 2. The largest absolute Gasteiger partial charge is 0.483 e. The fourth-order valence-corrected chi connectivity index (χ4v) is 9.28. The second kappa shape index (κ2) is 14.0. The maximum atomic E-state index is 10.2. The minimum Gasteiger partial charge on any atom is -0.483 e. The molecule has 9 nitrogen and oxygen atoms in total. The summed E-state index contributed by atoms with van der Waals surface area (Å²) in [5.41, 5.74) is 1.86. The van der Waals surface area contributed by atoms with Crippen LogP contribution in [0.5, 0.6) is 0 Å². The van der Waals surface area contributed by atoms with Crippen molar-refractivity contribution in [2.24, 2.45) is 29.1 Å². The molecule has 6 aliphatic rings. The molecule has 2 aromatic carbocycles. The van der Waals surface area contributed by atoms with Gasteiger partial charge in [-0.15, -0.1) is 0 Å². The SMILES string of the molecule is C1CCC2(CC1)OOC1(O2)C2CC3CC4CC1CC34C2.CNc1cc(Cl)ccc1Cl.O=C(O)Nc1cc(Cl)ccc1Cl.O=CO. The molecule has 2 aromatic rings. The van der Waals surface area contributed by atoms with Crippen LogP contribution < -0.4 is 10.6 Å². The topological polar surface area (TPSA) is 126 Å². The Labute approximate surface area is 282 Å². The van der Waals surface area contributed by atoms with Crippen LogP contribution in [0, 0.1) is 29.1 Å². The van der Waals surface area contributed by atoms with E-state index in [1.807, 2.05) is 0 Å². The van der Waals surface area contributed by atoms with E-state index >= 15 is 0 Å². The summed E-state index contributed by atoms with van der Waals surface area (Å²) in [5.74, 6) is 2.45. The van der Waals surface area contributed by atoms with E-state index in [4.69, 9.17) is 75.9 Å². The number of carbonyl (C=O) groups is 2. The van der Waals surface area contributed by atoms with Crippen molar-refractivity contribution in [2.75, 3.05) is 17.7 Å². The van der Waals surface area contributed by atoms with Crippen LogP contribution in [-0.2, 0) is 19.3 Å². The molecule has 6 fully saturated rings. The minimum atomic E-state index is -1.17. The molecule has 1 saturated heterocycles. The Morgan fingerprint density at radius 2 is 1.36 bits per heavy atom. The van der Waals surface area contributed by atoms with Gasteiger partial charge in [0, 0.05) is 41.8 Å². The highest BCUT2D eigenvalue weighted by molar-refractivity contribution is 6.36. The molecule has 0 aromatic heterocycles. The molecule has 1 aliphatic heterocycles. The van der Waals surface area contributed by atoms with Crippen LogP contribution in [0.3, 0.4) is 0 Å². The van der Waals surface area contributed by atoms with Crippen molar-refractivity contribution in [1.29, 1.82) is 0 Å². The van der Waals surface area contributed by atoms with E-state index in [0.717, 1.165) is 35.8 Å². The highest BCUT2D eigenvalue weighted by atomic mass is 35.5. The lowest BCUT2D eigenvalue weighted by atomic mass is 9.56. The molecule has 8 rings (SSSR count). The first-order chi connectivity index (χ1) is 21.5. The fraction of sp³-hybridized carbons (Fsp3) is 0.562. The normalized spacial score (nSPS) is 32.1. The molecule has 4 N–H and O–H groups in total. The Bertz CT molecular complexity index is 1370. The highest BCUT2D eigenvalue weighted by Crippen LogP contribution is 2.79. The summed E-state index contributed by atoms with van der Waals surface area (Å²) in [4.78, 5) is 30.6. The van der Waals surface area contributed by atoms with Gasteiger partial charge in [-0.3, -0.25) is 10.1 Å². The van der Waals surface area contributed by atoms with Crippen LogP contribution in [0.2, 0.25) is 20.1 Å². The molecule has 5 saturated carbocycles. The number of carboxylic acid groups (broad SMARTS) is 2. The Morgan fingerprint density at radius 3 is 1.87 bits per heavy atom. The molecule has 3 bridgehead atoms. The number of amides is 1. The lowest BCUT2D eigenvalue weighted by Crippen LogP contribution is -2.49. The summed E-state index contributed by atoms with van der Waals surface area (Å²) >= 11 is 22.7. The Hall–Kier alpha value is -1.98. The molecule has 4 unspecified atom stereocenters. The van der Waals surface area contributed by atoms with Gasteiger partial charge in [0.15, 0.2) is 0 Å². The first kappa shape index (κ1) is 34.4. The Kier molecular flexibility index (Phi) is 10.7. The van der Waals surface area contributed by atoms with Gasteiger partial charge in [-0.25, -0.2) is 4.79 Å². The average molecular weight is 704 g/mol. The Balaban J connectivity index is 0.000000139. The van der Waals surface area contributed by atoms with E-state index in [2.05, 4.69) is 10.6 Å². The van der Waals surface area contributed by atoms with Gasteiger partial charge in [-0.2, -0.15) is 9.78 Å². The zero-order valence-corrected chi connectivity index (χ0v) is 27.9. The van der Waals surface area contributed by atoms with Crippen LogP contribution in [0.25, 0.3) is 0 Å². The smallest absolute Gasteiger partial charge is 0.409 e. The Morgan fingerprint density at radius 1 is 0.844 bits per heavy atom. The van der Waals surface area contributed by atoms with Gasteiger partial charge in [0.25, 0.3) is 6.47 Å². The second-order valence-electron chi connectivity index (χ2n) is 12.6. The first-order valence-corrected chi connectivity index (χ1v) is 16.7. The van der Waals surface area contributed by atoms with Crippen molar-refractivity contribution in [3.05, 3.63) is 56.5 Å². The molecule has 0 radical (unpaired) electrons. The summed E-state index contributed by atoms with van der Waals surface area (Å²) < 4.78 is 6.70. The summed E-state index contributed by atoms with van der Waals surface area (Å²) in [6.07, 6.45) is 11.6. The van der Waals surface area contributed by atoms with E-state index in [1.165, 1.54) is 63.5 Å². The average Bonchev–Trinajstić information content (AvgIpc) is 3.59. The first-order valence-electron chi connectivity index (χ1n) is 15.2. The van der Waals surface area contributed by atoms with E-state index in [1.54, 1.807) is 31.3 Å². The third-order valence-corrected chi connectivity index (χ3v) is 11.5. The highest BCUT2D eigenvalue weighted by Gasteiger charge is 2.77. The number of nitrogens with one attached hydrogen (secondary N) is 2. The van der Waals surface area contributed by atoms with Gasteiger partial charge in [0.05, 0.1) is 21.4 Å². The number of fused-ring (bicyclic) bond motifs is 4. The molecule has 3 spiro atoms. The fourth-order valence-electron chi connectivity index (χ4n) is 8.56. The number of hydrogen-bond donors (Lipinski definition) is 4. The number of ether oxygens (including phenoxy) is 1. The number of benzene rings is 2. The summed E-state index contributed by atoms with van der Waals surface area (Å²) in [5, 5.41) is 22.4. The van der Waals surface area contributed by atoms with Gasteiger partial charge < -0.3 is 20.3 Å². The summed E-state index contributed by atoms with van der Waals surface area (Å²) in [7, 11) is 1.80. The van der Waals surface area contributed by atoms with Crippen LogP contribution in [-0.4, -0.2) is 41.4 Å². The summed E-state index contributed by atoms with van der Waals surface area (Å²) in [6, 6.07) is 9.84. The quantitative estimate of drug-likeness (QED) is 0.180. The van der Waals surface area contributed by atoms with Gasteiger partial charge >= 0.3 is 6.09 Å². The van der Waals surface area contributed by atoms with Crippen LogP contribution >= 0.6 is 46.4 Å². The molecular formula is C32H38Cl4N2O7. The molecule has 45 heavy (non-hydrogen) atoms. The molecular weight excluding hydrogens is 666 g/mol. The lowest BCUT2D eigenvalue weighted by molar-refractivity contribution is -0.374. The number of hydrogen-bond acceptors (Lipinski definition) is 6. The monoisotopic (exact) mass is 702 g/mol. The number of halogens is 4. The standard InChI is InChI=1S/C17H24O3.C7H5Cl2NO2.C7H7Cl2N.CH2O2/c1-2-4-16(5-3-1)18-17(20-19-16)13-7-11-6-12-8-14(17)10-15(11,12)9-13;8-4-1-2-5(9)6(3-4)10-7(11)12;1-10-7-4-5(8)2-3-6(7)9;2-1-3/h11-14H,1-10H2;1-3,10H,(H,11,12);2-4,10H,1H3;1H,(H,2,3). The third kappa shape index (κ3) is 6.86. The van der Waals surface area contributed by atoms with E-state index in [-0.39, 0.29) is 23.7 Å². The van der Waals surface area contributed by atoms with Gasteiger partial charge in [0.1, 0.15) is 0 Å². The lowest BCUT2D eigenvalue weighted by Gasteiger charge is -2.49. The zero-order valence-electron chi connectivity index (χ0n) is 24.9. The van der Waals surface area contributed by atoms with Crippen molar-refractivity contribution in [2.45, 2.75) is 75.8 Å². The van der Waals surface area contributed by atoms with Gasteiger partial charge in [-0.1, -0.05) is 52.8 Å². The maximum absolute atomic E-state index is 10.2. The molecule has 246 valence electrons.